The Hall–Kier alpha value is -1.88. The van der Waals surface area contributed by atoms with Crippen molar-refractivity contribution in [2.75, 3.05) is 12.4 Å². The van der Waals surface area contributed by atoms with Gasteiger partial charge in [0.25, 0.3) is 0 Å². The molecule has 170 valence electrons. The molecule has 2 aliphatic carbocycles. The van der Waals surface area contributed by atoms with Gasteiger partial charge in [-0.05, 0) is 81.4 Å². The lowest BCUT2D eigenvalue weighted by molar-refractivity contribution is -0.139. The van der Waals surface area contributed by atoms with Crippen molar-refractivity contribution in [1.29, 1.82) is 0 Å². The fourth-order valence-corrected chi connectivity index (χ4v) is 4.83. The number of carbonyl (C=O) groups excluding carboxylic acids is 2. The van der Waals surface area contributed by atoms with E-state index in [1.165, 1.54) is 24.1 Å². The molecule has 0 bridgehead atoms. The van der Waals surface area contributed by atoms with Gasteiger partial charge in [-0.2, -0.15) is 0 Å². The predicted molar refractivity (Wildman–Crippen MR) is 122 cm³/mol. The molecule has 1 atom stereocenters. The van der Waals surface area contributed by atoms with Gasteiger partial charge in [0.1, 0.15) is 17.7 Å². The van der Waals surface area contributed by atoms with Crippen LogP contribution in [0.3, 0.4) is 0 Å². The average Bonchev–Trinajstić information content (AvgIpc) is 2.79. The van der Waals surface area contributed by atoms with Gasteiger partial charge in [-0.25, -0.2) is 4.39 Å². The summed E-state index contributed by atoms with van der Waals surface area (Å²) in [5.74, 6) is -0.363. The average molecular weight is 449 g/mol. The molecule has 31 heavy (non-hydrogen) atoms. The fraction of sp³-hybridized carbons (Fsp3) is 0.600. The monoisotopic (exact) mass is 448 g/mol. The van der Waals surface area contributed by atoms with Crippen LogP contribution < -0.4 is 5.32 Å². The fourth-order valence-electron chi connectivity index (χ4n) is 4.67. The van der Waals surface area contributed by atoms with Crippen molar-refractivity contribution in [1.82, 2.24) is 10.2 Å². The lowest BCUT2D eigenvalue weighted by Gasteiger charge is -2.34. The summed E-state index contributed by atoms with van der Waals surface area (Å²) in [6.07, 6.45) is 11.5. The van der Waals surface area contributed by atoms with Crippen LogP contribution in [-0.4, -0.2) is 35.2 Å². The van der Waals surface area contributed by atoms with E-state index in [4.69, 9.17) is 11.6 Å². The Morgan fingerprint density at radius 1 is 1.16 bits per heavy atom. The third kappa shape index (κ3) is 6.80. The summed E-state index contributed by atoms with van der Waals surface area (Å²) in [6.45, 7) is 2.66. The molecule has 1 N–H and O–H groups in total. The Labute approximate surface area is 190 Å². The molecular formula is C25H34ClFN2O2. The number of hydrogen-bond donors (Lipinski definition) is 1. The number of benzene rings is 1. The normalized spacial score (nSPS) is 22.4. The molecule has 2 amide bonds. The summed E-state index contributed by atoms with van der Waals surface area (Å²) in [5, 5.41) is 3.17. The van der Waals surface area contributed by atoms with Gasteiger partial charge in [-0.3, -0.25) is 9.59 Å². The first-order chi connectivity index (χ1) is 15.0. The van der Waals surface area contributed by atoms with Crippen LogP contribution in [0.15, 0.2) is 35.9 Å². The van der Waals surface area contributed by atoms with Gasteiger partial charge in [0.05, 0.1) is 0 Å². The lowest BCUT2D eigenvalue weighted by Crippen LogP contribution is -2.48. The summed E-state index contributed by atoms with van der Waals surface area (Å²) in [7, 11) is 0. The smallest absolute Gasteiger partial charge is 0.247 e. The third-order valence-electron chi connectivity index (χ3n) is 6.60. The van der Waals surface area contributed by atoms with Gasteiger partial charge in [-0.15, -0.1) is 11.6 Å². The van der Waals surface area contributed by atoms with Gasteiger partial charge in [0, 0.05) is 12.6 Å². The van der Waals surface area contributed by atoms with Gasteiger partial charge in [0.15, 0.2) is 0 Å². The van der Waals surface area contributed by atoms with Crippen molar-refractivity contribution in [3.63, 3.8) is 0 Å². The molecule has 0 heterocycles. The van der Waals surface area contributed by atoms with Crippen LogP contribution >= 0.6 is 11.6 Å². The van der Waals surface area contributed by atoms with Gasteiger partial charge < -0.3 is 10.2 Å². The number of rotatable bonds is 8. The van der Waals surface area contributed by atoms with E-state index in [1.807, 2.05) is 0 Å². The highest BCUT2D eigenvalue weighted by Crippen LogP contribution is 2.28. The summed E-state index contributed by atoms with van der Waals surface area (Å²) < 4.78 is 13.6. The number of hydrogen-bond acceptors (Lipinski definition) is 2. The molecule has 1 fully saturated rings. The van der Waals surface area contributed by atoms with Crippen molar-refractivity contribution in [3.05, 3.63) is 47.3 Å². The van der Waals surface area contributed by atoms with Crippen molar-refractivity contribution >= 4 is 23.4 Å². The highest BCUT2D eigenvalue weighted by atomic mass is 35.5. The molecule has 0 radical (unpaired) electrons. The second-order valence-corrected chi connectivity index (χ2v) is 9.27. The Balaban J connectivity index is 1.81. The minimum Gasteiger partial charge on any atom is -0.351 e. The summed E-state index contributed by atoms with van der Waals surface area (Å²) >= 11 is 5.94. The van der Waals surface area contributed by atoms with E-state index in [-0.39, 0.29) is 29.6 Å². The first kappa shape index (κ1) is 23.8. The van der Waals surface area contributed by atoms with Gasteiger partial charge in [0.2, 0.25) is 11.8 Å². The maximum absolute atomic E-state index is 13.6. The number of amides is 2. The van der Waals surface area contributed by atoms with Crippen LogP contribution in [-0.2, 0) is 9.59 Å². The standard InChI is InChI=1S/C25H34ClFN2O2/c1-18-7-13-22(14-8-18)28-25(31)24(20-9-11-21(27)12-10-20)29(23(30)17-26)16-15-19-5-3-2-4-6-19/h5,9-12,18,22,24H,2-4,6-8,13-17H2,1H3,(H,28,31)/t18?,22?,24-/m1/s1. The van der Waals surface area contributed by atoms with E-state index in [9.17, 15) is 14.0 Å². The minimum atomic E-state index is -0.810. The Morgan fingerprint density at radius 3 is 2.48 bits per heavy atom. The van der Waals surface area contributed by atoms with Crippen LogP contribution in [0.5, 0.6) is 0 Å². The summed E-state index contributed by atoms with van der Waals surface area (Å²) in [5.41, 5.74) is 1.94. The molecule has 0 aliphatic heterocycles. The number of halogens is 2. The number of nitrogens with one attached hydrogen (secondary N) is 1. The Kier molecular flexibility index (Phi) is 8.94. The summed E-state index contributed by atoms with van der Waals surface area (Å²) in [4.78, 5) is 27.8. The molecule has 0 unspecified atom stereocenters. The highest BCUT2D eigenvalue weighted by molar-refractivity contribution is 6.27. The third-order valence-corrected chi connectivity index (χ3v) is 6.83. The largest absolute Gasteiger partial charge is 0.351 e. The van der Waals surface area contributed by atoms with Crippen LogP contribution in [0.25, 0.3) is 0 Å². The van der Waals surface area contributed by atoms with Crippen molar-refractivity contribution < 1.29 is 14.0 Å². The van der Waals surface area contributed by atoms with Gasteiger partial charge >= 0.3 is 0 Å². The van der Waals surface area contributed by atoms with Crippen LogP contribution in [0.4, 0.5) is 4.39 Å². The van der Waals surface area contributed by atoms with Crippen LogP contribution in [0, 0.1) is 11.7 Å². The van der Waals surface area contributed by atoms with E-state index in [0.717, 1.165) is 51.4 Å². The van der Waals surface area contributed by atoms with Crippen molar-refractivity contribution in [3.8, 4) is 0 Å². The van der Waals surface area contributed by atoms with Crippen molar-refractivity contribution in [2.24, 2.45) is 5.92 Å². The molecule has 6 heteroatoms. The summed E-state index contributed by atoms with van der Waals surface area (Å²) in [6, 6.07) is 5.17. The topological polar surface area (TPSA) is 49.4 Å². The quantitative estimate of drug-likeness (QED) is 0.420. The number of nitrogens with zero attached hydrogens (tertiary/aromatic N) is 1. The Bertz CT molecular complexity index is 772. The zero-order valence-electron chi connectivity index (χ0n) is 18.4. The number of allylic oxidation sites excluding steroid dienone is 1. The van der Waals surface area contributed by atoms with Crippen molar-refractivity contribution in [2.45, 2.75) is 76.8 Å². The molecule has 1 aromatic rings. The van der Waals surface area contributed by atoms with E-state index < -0.39 is 6.04 Å². The lowest BCUT2D eigenvalue weighted by atomic mass is 9.87. The van der Waals surface area contributed by atoms with Crippen LogP contribution in [0.2, 0.25) is 0 Å². The van der Waals surface area contributed by atoms with E-state index >= 15 is 0 Å². The second-order valence-electron chi connectivity index (χ2n) is 9.00. The van der Waals surface area contributed by atoms with Crippen LogP contribution in [0.1, 0.15) is 76.3 Å². The zero-order valence-corrected chi connectivity index (χ0v) is 19.2. The molecule has 0 saturated heterocycles. The molecule has 0 aromatic heterocycles. The second kappa shape index (κ2) is 11.7. The first-order valence-electron chi connectivity index (χ1n) is 11.6. The zero-order chi connectivity index (χ0) is 22.2. The van der Waals surface area contributed by atoms with E-state index in [0.29, 0.717) is 18.0 Å². The van der Waals surface area contributed by atoms with E-state index in [1.54, 1.807) is 17.0 Å². The number of alkyl halides is 1. The maximum atomic E-state index is 13.6. The molecule has 1 aromatic carbocycles. The SMILES string of the molecule is CC1CCC(NC(=O)[C@@H](c2ccc(F)cc2)N(CCC2=CCCCC2)C(=O)CCl)CC1. The molecular weight excluding hydrogens is 415 g/mol. The molecule has 2 aliphatic rings. The molecule has 0 spiro atoms. The van der Waals surface area contributed by atoms with Gasteiger partial charge in [-0.1, -0.05) is 30.7 Å². The maximum Gasteiger partial charge on any atom is 0.247 e. The first-order valence-corrected chi connectivity index (χ1v) is 12.1. The molecule has 4 nitrogen and oxygen atoms in total. The predicted octanol–water partition coefficient (Wildman–Crippen LogP) is 5.52. The molecule has 1 saturated carbocycles. The number of carbonyl (C=O) groups is 2. The molecule has 3 rings (SSSR count). The highest BCUT2D eigenvalue weighted by Gasteiger charge is 2.33. The Morgan fingerprint density at radius 2 is 1.87 bits per heavy atom. The van der Waals surface area contributed by atoms with E-state index in [2.05, 4.69) is 18.3 Å². The minimum absolute atomic E-state index is 0.112.